The van der Waals surface area contributed by atoms with Gasteiger partial charge in [0.1, 0.15) is 22.6 Å². The Morgan fingerprint density at radius 3 is 2.87 bits per heavy atom. The molecule has 1 aromatic rings. The number of rotatable bonds is 5. The number of nitrogens with one attached hydrogen (secondary N) is 1. The maximum atomic E-state index is 12.3. The maximum absolute atomic E-state index is 12.3. The molecule has 0 radical (unpaired) electrons. The van der Waals surface area contributed by atoms with Crippen LogP contribution in [0.4, 0.5) is 0 Å². The second-order valence-electron chi connectivity index (χ2n) is 4.97. The van der Waals surface area contributed by atoms with Crippen molar-refractivity contribution in [2.24, 2.45) is 0 Å². The third-order valence-corrected chi connectivity index (χ3v) is 5.07. The molecule has 1 atom stereocenters. The van der Waals surface area contributed by atoms with Crippen LogP contribution < -0.4 is 4.72 Å². The average Bonchev–Trinajstić information content (AvgIpc) is 2.51. The number of hydrogen-bond acceptors (Lipinski definition) is 6. The first kappa shape index (κ1) is 17.6. The van der Waals surface area contributed by atoms with Gasteiger partial charge < -0.3 is 9.64 Å². The third kappa shape index (κ3) is 4.40. The monoisotopic (exact) mass is 361 g/mol. The number of sulfonamides is 1. The van der Waals surface area contributed by atoms with Crippen LogP contribution in [-0.2, 0) is 24.3 Å². The summed E-state index contributed by atoms with van der Waals surface area (Å²) in [7, 11) is -2.68. The molecule has 1 aromatic heterocycles. The third-order valence-electron chi connectivity index (χ3n) is 3.39. The Morgan fingerprint density at radius 2 is 2.26 bits per heavy atom. The van der Waals surface area contributed by atoms with E-state index in [0.29, 0.717) is 19.4 Å². The van der Waals surface area contributed by atoms with Crippen molar-refractivity contribution < 1.29 is 22.7 Å². The molecule has 1 N–H and O–H groups in total. The first-order valence-corrected chi connectivity index (χ1v) is 8.69. The Balaban J connectivity index is 2.10. The molecule has 2 heterocycles. The molecule has 0 spiro atoms. The van der Waals surface area contributed by atoms with Crippen molar-refractivity contribution in [1.29, 1.82) is 0 Å². The highest BCUT2D eigenvalue weighted by molar-refractivity contribution is 7.89. The van der Waals surface area contributed by atoms with E-state index in [4.69, 9.17) is 11.6 Å². The molecule has 8 nitrogen and oxygen atoms in total. The van der Waals surface area contributed by atoms with Gasteiger partial charge in [-0.3, -0.25) is 9.59 Å². The van der Waals surface area contributed by atoms with Gasteiger partial charge in [0.05, 0.1) is 7.11 Å². The molecular weight excluding hydrogens is 346 g/mol. The summed E-state index contributed by atoms with van der Waals surface area (Å²) in [5, 5.41) is 0.168. The van der Waals surface area contributed by atoms with E-state index in [0.717, 1.165) is 6.20 Å². The lowest BCUT2D eigenvalue weighted by Gasteiger charge is -2.31. The molecule has 1 fully saturated rings. The summed E-state index contributed by atoms with van der Waals surface area (Å²) in [5.74, 6) is -1.00. The van der Waals surface area contributed by atoms with Gasteiger partial charge in [-0.15, -0.1) is 0 Å². The molecular formula is C13H16ClN3O5S. The zero-order valence-corrected chi connectivity index (χ0v) is 13.9. The lowest BCUT2D eigenvalue weighted by molar-refractivity contribution is -0.148. The summed E-state index contributed by atoms with van der Waals surface area (Å²) >= 11 is 5.63. The number of pyridine rings is 1. The fourth-order valence-electron chi connectivity index (χ4n) is 2.20. The quantitative estimate of drug-likeness (QED) is 0.592. The SMILES string of the molecule is COC(=O)CN1CCC[C@H](NS(=O)(=O)c2ccc(Cl)nc2)C1=O. The molecule has 0 saturated carbocycles. The molecule has 2 rings (SSSR count). The van der Waals surface area contributed by atoms with Crippen LogP contribution in [0.15, 0.2) is 23.2 Å². The van der Waals surface area contributed by atoms with Gasteiger partial charge in [-0.2, -0.15) is 4.72 Å². The second-order valence-corrected chi connectivity index (χ2v) is 7.07. The molecule has 0 aliphatic carbocycles. The lowest BCUT2D eigenvalue weighted by Crippen LogP contribution is -2.53. The summed E-state index contributed by atoms with van der Waals surface area (Å²) in [5.41, 5.74) is 0. The molecule has 0 unspecified atom stereocenters. The van der Waals surface area contributed by atoms with E-state index in [2.05, 4.69) is 14.4 Å². The number of hydrogen-bond donors (Lipinski definition) is 1. The highest BCUT2D eigenvalue weighted by Crippen LogP contribution is 2.16. The van der Waals surface area contributed by atoms with Gasteiger partial charge in [0.2, 0.25) is 15.9 Å². The molecule has 1 aliphatic rings. The van der Waals surface area contributed by atoms with Crippen molar-refractivity contribution in [3.8, 4) is 0 Å². The Bertz CT molecular complexity index is 692. The maximum Gasteiger partial charge on any atom is 0.325 e. The Morgan fingerprint density at radius 1 is 1.52 bits per heavy atom. The van der Waals surface area contributed by atoms with Crippen LogP contribution in [0, 0.1) is 0 Å². The second kappa shape index (κ2) is 7.24. The van der Waals surface area contributed by atoms with E-state index in [-0.39, 0.29) is 16.6 Å². The van der Waals surface area contributed by atoms with E-state index in [9.17, 15) is 18.0 Å². The Kier molecular flexibility index (Phi) is 5.55. The van der Waals surface area contributed by atoms with Crippen LogP contribution in [0.5, 0.6) is 0 Å². The number of esters is 1. The normalized spacial score (nSPS) is 18.8. The average molecular weight is 362 g/mol. The number of likely N-dealkylation sites (tertiary alicyclic amines) is 1. The first-order valence-electron chi connectivity index (χ1n) is 6.83. The van der Waals surface area contributed by atoms with Gasteiger partial charge in [0.15, 0.2) is 0 Å². The smallest absolute Gasteiger partial charge is 0.325 e. The highest BCUT2D eigenvalue weighted by atomic mass is 35.5. The van der Waals surface area contributed by atoms with Gasteiger partial charge >= 0.3 is 5.97 Å². The van der Waals surface area contributed by atoms with Gasteiger partial charge in [0, 0.05) is 12.7 Å². The van der Waals surface area contributed by atoms with Gasteiger partial charge in [-0.1, -0.05) is 11.6 Å². The van der Waals surface area contributed by atoms with Crippen LogP contribution in [0.3, 0.4) is 0 Å². The number of nitrogens with zero attached hydrogens (tertiary/aromatic N) is 2. The Hall–Kier alpha value is -1.71. The van der Waals surface area contributed by atoms with Crippen LogP contribution in [0.25, 0.3) is 0 Å². The Labute approximate surface area is 138 Å². The van der Waals surface area contributed by atoms with E-state index in [1.807, 2.05) is 0 Å². The van der Waals surface area contributed by atoms with Crippen molar-refractivity contribution in [3.63, 3.8) is 0 Å². The summed E-state index contributed by atoms with van der Waals surface area (Å²) in [6.07, 6.45) is 2.05. The van der Waals surface area contributed by atoms with Gasteiger partial charge in [-0.05, 0) is 25.0 Å². The van der Waals surface area contributed by atoms with Crippen LogP contribution in [0.2, 0.25) is 5.15 Å². The van der Waals surface area contributed by atoms with Crippen LogP contribution in [-0.4, -0.2) is 56.4 Å². The van der Waals surface area contributed by atoms with Gasteiger partial charge in [0.25, 0.3) is 0 Å². The van der Waals surface area contributed by atoms with Crippen LogP contribution in [0.1, 0.15) is 12.8 Å². The van der Waals surface area contributed by atoms with Crippen molar-refractivity contribution in [2.75, 3.05) is 20.2 Å². The zero-order valence-electron chi connectivity index (χ0n) is 12.4. The largest absolute Gasteiger partial charge is 0.468 e. The number of methoxy groups -OCH3 is 1. The van der Waals surface area contributed by atoms with Crippen molar-refractivity contribution in [2.45, 2.75) is 23.8 Å². The zero-order chi connectivity index (χ0) is 17.0. The molecule has 126 valence electrons. The fraction of sp³-hybridized carbons (Fsp3) is 0.462. The summed E-state index contributed by atoms with van der Waals surface area (Å²) in [6, 6.07) is 1.73. The van der Waals surface area contributed by atoms with Gasteiger partial charge in [-0.25, -0.2) is 13.4 Å². The number of carbonyl (C=O) groups is 2. The summed E-state index contributed by atoms with van der Waals surface area (Å²) < 4.78 is 31.4. The standard InChI is InChI=1S/C13H16ClN3O5S/c1-22-12(18)8-17-6-2-3-10(13(17)19)16-23(20,21)9-4-5-11(14)15-7-9/h4-5,7,10,16H,2-3,6,8H2,1H3/t10-/m0/s1. The summed E-state index contributed by atoms with van der Waals surface area (Å²) in [4.78, 5) is 28.5. The molecule has 1 saturated heterocycles. The van der Waals surface area contributed by atoms with Crippen molar-refractivity contribution >= 4 is 33.5 Å². The molecule has 23 heavy (non-hydrogen) atoms. The van der Waals surface area contributed by atoms with Crippen molar-refractivity contribution in [3.05, 3.63) is 23.5 Å². The number of piperidine rings is 1. The first-order chi connectivity index (χ1) is 10.8. The number of carbonyl (C=O) groups excluding carboxylic acids is 2. The van der Waals surface area contributed by atoms with Crippen LogP contribution >= 0.6 is 11.6 Å². The lowest BCUT2D eigenvalue weighted by atomic mass is 10.1. The number of ether oxygens (including phenoxy) is 1. The van der Waals surface area contributed by atoms with E-state index < -0.39 is 27.9 Å². The molecule has 10 heteroatoms. The fourth-order valence-corrected chi connectivity index (χ4v) is 3.48. The topological polar surface area (TPSA) is 106 Å². The predicted molar refractivity (Wildman–Crippen MR) is 81.2 cm³/mol. The molecule has 0 aromatic carbocycles. The summed E-state index contributed by atoms with van der Waals surface area (Å²) in [6.45, 7) is 0.185. The number of halogens is 1. The minimum Gasteiger partial charge on any atom is -0.468 e. The molecule has 1 aliphatic heterocycles. The van der Waals surface area contributed by atoms with E-state index >= 15 is 0 Å². The highest BCUT2D eigenvalue weighted by Gasteiger charge is 2.33. The van der Waals surface area contributed by atoms with E-state index in [1.54, 1.807) is 0 Å². The minimum atomic E-state index is -3.90. The van der Waals surface area contributed by atoms with Crippen molar-refractivity contribution in [1.82, 2.24) is 14.6 Å². The minimum absolute atomic E-state index is 0.0835. The molecule has 0 bridgehead atoms. The number of amides is 1. The molecule has 1 amide bonds. The van der Waals surface area contributed by atoms with E-state index in [1.165, 1.54) is 24.1 Å². The predicted octanol–water partition coefficient (Wildman–Crippen LogP) is 0.177. The number of aromatic nitrogens is 1.